The van der Waals surface area contributed by atoms with E-state index in [0.717, 1.165) is 28.1 Å². The number of benzene rings is 1. The van der Waals surface area contributed by atoms with Crippen LogP contribution in [-0.4, -0.2) is 9.97 Å². The minimum atomic E-state index is 0.420. The maximum atomic E-state index is 5.82. The smallest absolute Gasteiger partial charge is 0.109 e. The van der Waals surface area contributed by atoms with Crippen molar-refractivity contribution in [1.29, 1.82) is 0 Å². The molecule has 0 spiro atoms. The maximum absolute atomic E-state index is 5.82. The zero-order valence-corrected chi connectivity index (χ0v) is 8.76. The van der Waals surface area contributed by atoms with E-state index in [2.05, 4.69) is 23.8 Å². The highest BCUT2D eigenvalue weighted by Gasteiger charge is 2.07. The van der Waals surface area contributed by atoms with Gasteiger partial charge in [0.2, 0.25) is 0 Å². The van der Waals surface area contributed by atoms with Crippen molar-refractivity contribution >= 4 is 16.7 Å². The predicted octanol–water partition coefficient (Wildman–Crippen LogP) is 2.58. The lowest BCUT2D eigenvalue weighted by atomic mass is 10.2. The van der Waals surface area contributed by atoms with Crippen molar-refractivity contribution in [3.05, 3.63) is 23.5 Å². The molecule has 0 amide bonds. The number of nitrogens with one attached hydrogen (secondary N) is 1. The standard InChI is InChI=1S/C11H15N3/c1-6(2)11-13-9-4-7(3)8(12)5-10(9)14-11/h4-6H,12H2,1-3H3,(H,13,14). The van der Waals surface area contributed by atoms with Gasteiger partial charge in [-0.3, -0.25) is 0 Å². The molecule has 2 aromatic rings. The van der Waals surface area contributed by atoms with Crippen LogP contribution in [0, 0.1) is 6.92 Å². The number of aromatic nitrogens is 2. The Labute approximate surface area is 83.3 Å². The molecule has 1 heterocycles. The summed E-state index contributed by atoms with van der Waals surface area (Å²) in [5, 5.41) is 0. The lowest BCUT2D eigenvalue weighted by molar-refractivity contribution is 0.799. The Morgan fingerprint density at radius 3 is 2.71 bits per heavy atom. The molecule has 0 atom stereocenters. The molecule has 0 saturated heterocycles. The number of nitrogens with zero attached hydrogens (tertiary/aromatic N) is 1. The SMILES string of the molecule is Cc1cc2[nH]c(C(C)C)nc2cc1N. The molecule has 0 aliphatic rings. The zero-order chi connectivity index (χ0) is 10.3. The highest BCUT2D eigenvalue weighted by Crippen LogP contribution is 2.21. The van der Waals surface area contributed by atoms with Crippen LogP contribution in [0.2, 0.25) is 0 Å². The number of hydrogen-bond donors (Lipinski definition) is 2. The van der Waals surface area contributed by atoms with Gasteiger partial charge in [-0.05, 0) is 24.6 Å². The molecule has 3 nitrogen and oxygen atoms in total. The topological polar surface area (TPSA) is 54.7 Å². The summed E-state index contributed by atoms with van der Waals surface area (Å²) in [6, 6.07) is 3.97. The van der Waals surface area contributed by atoms with Gasteiger partial charge < -0.3 is 10.7 Å². The van der Waals surface area contributed by atoms with Crippen LogP contribution in [0.15, 0.2) is 12.1 Å². The third-order valence-electron chi connectivity index (χ3n) is 2.43. The van der Waals surface area contributed by atoms with Gasteiger partial charge in [0, 0.05) is 11.6 Å². The van der Waals surface area contributed by atoms with Crippen molar-refractivity contribution in [3.8, 4) is 0 Å². The molecule has 2 rings (SSSR count). The van der Waals surface area contributed by atoms with E-state index >= 15 is 0 Å². The van der Waals surface area contributed by atoms with Gasteiger partial charge in [-0.1, -0.05) is 13.8 Å². The molecule has 1 aromatic heterocycles. The lowest BCUT2D eigenvalue weighted by Crippen LogP contribution is -1.88. The molecule has 0 aliphatic heterocycles. The fourth-order valence-electron chi connectivity index (χ4n) is 1.47. The van der Waals surface area contributed by atoms with Gasteiger partial charge in [0.25, 0.3) is 0 Å². The zero-order valence-electron chi connectivity index (χ0n) is 8.76. The van der Waals surface area contributed by atoms with Crippen molar-refractivity contribution in [1.82, 2.24) is 9.97 Å². The number of rotatable bonds is 1. The van der Waals surface area contributed by atoms with Crippen molar-refractivity contribution < 1.29 is 0 Å². The molecular weight excluding hydrogens is 174 g/mol. The number of anilines is 1. The summed E-state index contributed by atoms with van der Waals surface area (Å²) >= 11 is 0. The molecule has 0 aliphatic carbocycles. The fraction of sp³-hybridized carbons (Fsp3) is 0.364. The normalized spacial score (nSPS) is 11.4. The number of hydrogen-bond acceptors (Lipinski definition) is 2. The van der Waals surface area contributed by atoms with Crippen LogP contribution in [0.4, 0.5) is 5.69 Å². The molecular formula is C11H15N3. The van der Waals surface area contributed by atoms with Gasteiger partial charge >= 0.3 is 0 Å². The highest BCUT2D eigenvalue weighted by molar-refractivity contribution is 5.80. The Morgan fingerprint density at radius 1 is 1.36 bits per heavy atom. The van der Waals surface area contributed by atoms with Gasteiger partial charge in [0.15, 0.2) is 0 Å². The van der Waals surface area contributed by atoms with Crippen LogP contribution in [0.25, 0.3) is 11.0 Å². The molecule has 0 unspecified atom stereocenters. The van der Waals surface area contributed by atoms with E-state index in [1.807, 2.05) is 19.1 Å². The number of aryl methyl sites for hydroxylation is 1. The average molecular weight is 189 g/mol. The summed E-state index contributed by atoms with van der Waals surface area (Å²) in [5.74, 6) is 1.44. The Kier molecular flexibility index (Phi) is 1.95. The number of aromatic amines is 1. The Balaban J connectivity index is 2.66. The third-order valence-corrected chi connectivity index (χ3v) is 2.43. The van der Waals surface area contributed by atoms with Crippen LogP contribution in [0.3, 0.4) is 0 Å². The quantitative estimate of drug-likeness (QED) is 0.677. The minimum Gasteiger partial charge on any atom is -0.398 e. The molecule has 74 valence electrons. The second-order valence-corrected chi connectivity index (χ2v) is 4.00. The first kappa shape index (κ1) is 9.06. The van der Waals surface area contributed by atoms with Crippen LogP contribution in [-0.2, 0) is 0 Å². The first-order valence-corrected chi connectivity index (χ1v) is 4.83. The second kappa shape index (κ2) is 3.01. The average Bonchev–Trinajstić information content (AvgIpc) is 2.48. The minimum absolute atomic E-state index is 0.420. The first-order valence-electron chi connectivity index (χ1n) is 4.83. The second-order valence-electron chi connectivity index (χ2n) is 4.00. The summed E-state index contributed by atoms with van der Waals surface area (Å²) in [6.07, 6.45) is 0. The number of imidazole rings is 1. The summed E-state index contributed by atoms with van der Waals surface area (Å²) in [5.41, 5.74) is 9.74. The molecule has 3 N–H and O–H groups in total. The molecule has 14 heavy (non-hydrogen) atoms. The number of nitrogen functional groups attached to an aromatic ring is 1. The Hall–Kier alpha value is -1.51. The van der Waals surface area contributed by atoms with Gasteiger partial charge in [0.1, 0.15) is 5.82 Å². The Bertz CT molecular complexity index is 430. The van der Waals surface area contributed by atoms with E-state index < -0.39 is 0 Å². The lowest BCUT2D eigenvalue weighted by Gasteiger charge is -1.97. The van der Waals surface area contributed by atoms with E-state index in [1.54, 1.807) is 0 Å². The third kappa shape index (κ3) is 1.35. The largest absolute Gasteiger partial charge is 0.398 e. The summed E-state index contributed by atoms with van der Waals surface area (Å²) in [7, 11) is 0. The maximum Gasteiger partial charge on any atom is 0.109 e. The van der Waals surface area contributed by atoms with E-state index in [-0.39, 0.29) is 0 Å². The monoisotopic (exact) mass is 189 g/mol. The molecule has 0 fully saturated rings. The van der Waals surface area contributed by atoms with E-state index in [1.165, 1.54) is 0 Å². The van der Waals surface area contributed by atoms with Crippen LogP contribution < -0.4 is 5.73 Å². The number of nitrogens with two attached hydrogens (primary N) is 1. The van der Waals surface area contributed by atoms with Crippen LogP contribution in [0.1, 0.15) is 31.2 Å². The van der Waals surface area contributed by atoms with E-state index in [0.29, 0.717) is 5.92 Å². The van der Waals surface area contributed by atoms with Gasteiger partial charge in [-0.25, -0.2) is 4.98 Å². The van der Waals surface area contributed by atoms with Crippen LogP contribution in [0.5, 0.6) is 0 Å². The highest BCUT2D eigenvalue weighted by atomic mass is 14.9. The van der Waals surface area contributed by atoms with Gasteiger partial charge in [0.05, 0.1) is 11.0 Å². The molecule has 3 heteroatoms. The molecule has 0 saturated carbocycles. The van der Waals surface area contributed by atoms with E-state index in [4.69, 9.17) is 5.73 Å². The van der Waals surface area contributed by atoms with Crippen molar-refractivity contribution in [3.63, 3.8) is 0 Å². The summed E-state index contributed by atoms with van der Waals surface area (Å²) in [4.78, 5) is 7.78. The number of H-pyrrole nitrogens is 1. The summed E-state index contributed by atoms with van der Waals surface area (Å²) < 4.78 is 0. The summed E-state index contributed by atoms with van der Waals surface area (Å²) in [6.45, 7) is 6.24. The Morgan fingerprint density at radius 2 is 2.07 bits per heavy atom. The first-order chi connectivity index (χ1) is 6.58. The van der Waals surface area contributed by atoms with E-state index in [9.17, 15) is 0 Å². The fourth-order valence-corrected chi connectivity index (χ4v) is 1.47. The number of fused-ring (bicyclic) bond motifs is 1. The predicted molar refractivity (Wildman–Crippen MR) is 59.3 cm³/mol. The molecule has 0 radical (unpaired) electrons. The molecule has 0 bridgehead atoms. The van der Waals surface area contributed by atoms with Gasteiger partial charge in [-0.2, -0.15) is 0 Å². The van der Waals surface area contributed by atoms with Crippen molar-refractivity contribution in [2.24, 2.45) is 0 Å². The molecule has 1 aromatic carbocycles. The van der Waals surface area contributed by atoms with Crippen LogP contribution >= 0.6 is 0 Å². The van der Waals surface area contributed by atoms with Gasteiger partial charge in [-0.15, -0.1) is 0 Å². The van der Waals surface area contributed by atoms with Crippen molar-refractivity contribution in [2.45, 2.75) is 26.7 Å². The van der Waals surface area contributed by atoms with Crippen molar-refractivity contribution in [2.75, 3.05) is 5.73 Å².